The lowest BCUT2D eigenvalue weighted by Crippen LogP contribution is -2.27. The zero-order valence-corrected chi connectivity index (χ0v) is 16.7. The molecule has 0 aliphatic heterocycles. The van der Waals surface area contributed by atoms with Crippen molar-refractivity contribution in [1.82, 2.24) is 5.32 Å². The molecule has 3 aromatic rings. The first kappa shape index (κ1) is 20.3. The van der Waals surface area contributed by atoms with Crippen molar-refractivity contribution in [3.8, 4) is 0 Å². The fourth-order valence-corrected chi connectivity index (χ4v) is 3.12. The van der Waals surface area contributed by atoms with Gasteiger partial charge in [0, 0.05) is 6.54 Å². The van der Waals surface area contributed by atoms with E-state index in [1.807, 2.05) is 60.7 Å². The van der Waals surface area contributed by atoms with Gasteiger partial charge in [-0.3, -0.25) is 9.59 Å². The zero-order valence-electron chi connectivity index (χ0n) is 16.7. The molecule has 0 bridgehead atoms. The second-order valence-electron chi connectivity index (χ2n) is 6.93. The summed E-state index contributed by atoms with van der Waals surface area (Å²) >= 11 is 0. The summed E-state index contributed by atoms with van der Waals surface area (Å²) in [7, 11) is 0. The Morgan fingerprint density at radius 3 is 2.14 bits per heavy atom. The van der Waals surface area contributed by atoms with Gasteiger partial charge in [-0.25, -0.2) is 0 Å². The van der Waals surface area contributed by atoms with Crippen LogP contribution in [0.4, 0.5) is 5.69 Å². The molecule has 2 N–H and O–H groups in total. The molecular formula is C25H26N2O2. The molecule has 0 spiro atoms. The Balaban J connectivity index is 1.58. The Hall–Kier alpha value is -3.40. The van der Waals surface area contributed by atoms with Crippen LogP contribution in [0.1, 0.15) is 34.0 Å². The Kier molecular flexibility index (Phi) is 7.17. The Morgan fingerprint density at radius 2 is 1.41 bits per heavy atom. The molecule has 0 radical (unpaired) electrons. The van der Waals surface area contributed by atoms with Gasteiger partial charge in [-0.1, -0.05) is 73.7 Å². The summed E-state index contributed by atoms with van der Waals surface area (Å²) in [6.45, 7) is 2.64. The quantitative estimate of drug-likeness (QED) is 0.603. The van der Waals surface area contributed by atoms with Gasteiger partial charge in [0.2, 0.25) is 5.91 Å². The number of para-hydroxylation sites is 1. The van der Waals surface area contributed by atoms with Gasteiger partial charge >= 0.3 is 0 Å². The van der Waals surface area contributed by atoms with Crippen LogP contribution in [0.2, 0.25) is 0 Å². The fourth-order valence-electron chi connectivity index (χ4n) is 3.12. The number of rotatable bonds is 8. The Morgan fingerprint density at radius 1 is 0.759 bits per heavy atom. The summed E-state index contributed by atoms with van der Waals surface area (Å²) in [4.78, 5) is 25.1. The molecule has 0 aliphatic rings. The third-order valence-corrected chi connectivity index (χ3v) is 4.78. The maximum absolute atomic E-state index is 12.6. The molecule has 4 heteroatoms. The highest BCUT2D eigenvalue weighted by molar-refractivity contribution is 6.04. The van der Waals surface area contributed by atoms with Gasteiger partial charge in [-0.05, 0) is 41.7 Å². The standard InChI is InChI=1S/C25H26N2O2/c1-2-19-12-14-21(15-13-19)18-24(28)27-23-11-7-6-10-22(23)25(29)26-17-16-20-8-4-3-5-9-20/h3-15H,2,16-18H2,1H3,(H,26,29)(H,27,28). The topological polar surface area (TPSA) is 58.2 Å². The number of carbonyl (C=O) groups excluding carboxylic acids is 2. The second kappa shape index (κ2) is 10.2. The van der Waals surface area contributed by atoms with E-state index in [1.165, 1.54) is 11.1 Å². The molecule has 3 rings (SSSR count). The van der Waals surface area contributed by atoms with Crippen LogP contribution < -0.4 is 10.6 Å². The Bertz CT molecular complexity index is 950. The van der Waals surface area contributed by atoms with Gasteiger partial charge in [-0.15, -0.1) is 0 Å². The summed E-state index contributed by atoms with van der Waals surface area (Å²) in [5, 5.41) is 5.81. The molecule has 148 valence electrons. The van der Waals surface area contributed by atoms with E-state index in [9.17, 15) is 9.59 Å². The van der Waals surface area contributed by atoms with Crippen LogP contribution in [0, 0.1) is 0 Å². The summed E-state index contributed by atoms with van der Waals surface area (Å²) in [5.41, 5.74) is 4.36. The minimum atomic E-state index is -0.191. The highest BCUT2D eigenvalue weighted by atomic mass is 16.2. The summed E-state index contributed by atoms with van der Waals surface area (Å²) in [6, 6.07) is 25.1. The van der Waals surface area contributed by atoms with Crippen LogP contribution in [-0.2, 0) is 24.1 Å². The smallest absolute Gasteiger partial charge is 0.253 e. The summed E-state index contributed by atoms with van der Waals surface area (Å²) in [6.07, 6.45) is 2.00. The lowest BCUT2D eigenvalue weighted by molar-refractivity contribution is -0.115. The monoisotopic (exact) mass is 386 g/mol. The van der Waals surface area contributed by atoms with Crippen LogP contribution in [0.5, 0.6) is 0 Å². The number of carbonyl (C=O) groups is 2. The van der Waals surface area contributed by atoms with E-state index in [0.29, 0.717) is 17.8 Å². The minimum Gasteiger partial charge on any atom is -0.352 e. The third kappa shape index (κ3) is 6.04. The van der Waals surface area contributed by atoms with Crippen molar-refractivity contribution in [3.05, 3.63) is 101 Å². The van der Waals surface area contributed by atoms with Gasteiger partial charge in [0.15, 0.2) is 0 Å². The van der Waals surface area contributed by atoms with Crippen LogP contribution >= 0.6 is 0 Å². The van der Waals surface area contributed by atoms with Crippen molar-refractivity contribution in [3.63, 3.8) is 0 Å². The van der Waals surface area contributed by atoms with Crippen molar-refractivity contribution in [2.75, 3.05) is 11.9 Å². The summed E-state index contributed by atoms with van der Waals surface area (Å²) < 4.78 is 0. The van der Waals surface area contributed by atoms with Gasteiger partial charge < -0.3 is 10.6 Å². The molecule has 0 aliphatic carbocycles. The highest BCUT2D eigenvalue weighted by Crippen LogP contribution is 2.16. The van der Waals surface area contributed by atoms with Crippen LogP contribution in [0.25, 0.3) is 0 Å². The SMILES string of the molecule is CCc1ccc(CC(=O)Nc2ccccc2C(=O)NCCc2ccccc2)cc1. The van der Waals surface area contributed by atoms with Crippen molar-refractivity contribution < 1.29 is 9.59 Å². The van der Waals surface area contributed by atoms with E-state index in [-0.39, 0.29) is 18.2 Å². The number of hydrogen-bond acceptors (Lipinski definition) is 2. The first-order chi connectivity index (χ1) is 14.2. The predicted octanol–water partition coefficient (Wildman–Crippen LogP) is 4.40. The molecule has 0 saturated carbocycles. The maximum Gasteiger partial charge on any atom is 0.253 e. The lowest BCUT2D eigenvalue weighted by Gasteiger charge is -2.12. The average molecular weight is 386 g/mol. The zero-order chi connectivity index (χ0) is 20.5. The predicted molar refractivity (Wildman–Crippen MR) is 117 cm³/mol. The molecule has 0 fully saturated rings. The van der Waals surface area contributed by atoms with Crippen molar-refractivity contribution in [2.45, 2.75) is 26.2 Å². The fraction of sp³-hybridized carbons (Fsp3) is 0.200. The van der Waals surface area contributed by atoms with Gasteiger partial charge in [-0.2, -0.15) is 0 Å². The second-order valence-corrected chi connectivity index (χ2v) is 6.93. The normalized spacial score (nSPS) is 10.4. The summed E-state index contributed by atoms with van der Waals surface area (Å²) in [5.74, 6) is -0.331. The number of amides is 2. The number of aryl methyl sites for hydroxylation is 1. The first-order valence-corrected chi connectivity index (χ1v) is 9.94. The molecule has 4 nitrogen and oxygen atoms in total. The molecule has 0 heterocycles. The van der Waals surface area contributed by atoms with E-state index in [4.69, 9.17) is 0 Å². The van der Waals surface area contributed by atoms with Crippen molar-refractivity contribution in [1.29, 1.82) is 0 Å². The number of anilines is 1. The van der Waals surface area contributed by atoms with E-state index >= 15 is 0 Å². The minimum absolute atomic E-state index is 0.140. The van der Waals surface area contributed by atoms with Gasteiger partial charge in [0.1, 0.15) is 0 Å². The van der Waals surface area contributed by atoms with Crippen LogP contribution in [-0.4, -0.2) is 18.4 Å². The molecule has 0 saturated heterocycles. The number of benzene rings is 3. The highest BCUT2D eigenvalue weighted by Gasteiger charge is 2.13. The van der Waals surface area contributed by atoms with Crippen LogP contribution in [0.3, 0.4) is 0 Å². The number of hydrogen-bond donors (Lipinski definition) is 2. The van der Waals surface area contributed by atoms with Crippen LogP contribution in [0.15, 0.2) is 78.9 Å². The molecule has 29 heavy (non-hydrogen) atoms. The lowest BCUT2D eigenvalue weighted by atomic mass is 10.1. The van der Waals surface area contributed by atoms with E-state index in [0.717, 1.165) is 18.4 Å². The molecule has 2 amide bonds. The van der Waals surface area contributed by atoms with E-state index < -0.39 is 0 Å². The van der Waals surface area contributed by atoms with Gasteiger partial charge in [0.25, 0.3) is 5.91 Å². The van der Waals surface area contributed by atoms with Crippen molar-refractivity contribution >= 4 is 17.5 Å². The molecular weight excluding hydrogens is 360 g/mol. The largest absolute Gasteiger partial charge is 0.352 e. The number of nitrogens with one attached hydrogen (secondary N) is 2. The maximum atomic E-state index is 12.6. The first-order valence-electron chi connectivity index (χ1n) is 9.94. The van der Waals surface area contributed by atoms with Gasteiger partial charge in [0.05, 0.1) is 17.7 Å². The van der Waals surface area contributed by atoms with E-state index in [1.54, 1.807) is 18.2 Å². The Labute approximate surface area is 172 Å². The molecule has 3 aromatic carbocycles. The molecule has 0 atom stereocenters. The van der Waals surface area contributed by atoms with E-state index in [2.05, 4.69) is 17.6 Å². The third-order valence-electron chi connectivity index (χ3n) is 4.78. The molecule has 0 aromatic heterocycles. The van der Waals surface area contributed by atoms with Crippen molar-refractivity contribution in [2.24, 2.45) is 0 Å². The average Bonchev–Trinajstić information content (AvgIpc) is 2.75. The molecule has 0 unspecified atom stereocenters.